The molecule has 1 aliphatic heterocycles. The number of hydrogen-bond acceptors (Lipinski definition) is 4. The summed E-state index contributed by atoms with van der Waals surface area (Å²) in [6.07, 6.45) is 3.21. The zero-order valence-corrected chi connectivity index (χ0v) is 19.2. The highest BCUT2D eigenvalue weighted by molar-refractivity contribution is 7.09. The number of aromatic nitrogens is 1. The van der Waals surface area contributed by atoms with E-state index in [2.05, 4.69) is 39.7 Å². The molecule has 164 valence electrons. The molecular formula is C23H34FN5S. The summed E-state index contributed by atoms with van der Waals surface area (Å²) in [4.78, 5) is 11.9. The van der Waals surface area contributed by atoms with Gasteiger partial charge < -0.3 is 10.6 Å². The van der Waals surface area contributed by atoms with Crippen molar-refractivity contribution < 1.29 is 4.39 Å². The molecule has 2 N–H and O–H groups in total. The third-order valence-electron chi connectivity index (χ3n) is 5.60. The second-order valence-electron chi connectivity index (χ2n) is 8.04. The third kappa shape index (κ3) is 7.06. The van der Waals surface area contributed by atoms with Gasteiger partial charge in [-0.05, 0) is 82.3 Å². The Morgan fingerprint density at radius 1 is 1.27 bits per heavy atom. The van der Waals surface area contributed by atoms with Crippen LogP contribution in [0.4, 0.5) is 4.39 Å². The lowest BCUT2D eigenvalue weighted by Crippen LogP contribution is -2.39. The molecule has 0 atom stereocenters. The van der Waals surface area contributed by atoms with E-state index < -0.39 is 0 Å². The number of benzene rings is 1. The number of nitrogens with one attached hydrogen (secondary N) is 2. The van der Waals surface area contributed by atoms with Gasteiger partial charge in [0.25, 0.3) is 0 Å². The van der Waals surface area contributed by atoms with Crippen LogP contribution in [0.25, 0.3) is 0 Å². The maximum absolute atomic E-state index is 13.3. The maximum Gasteiger partial charge on any atom is 0.191 e. The summed E-state index contributed by atoms with van der Waals surface area (Å²) >= 11 is 1.73. The molecule has 0 amide bonds. The Bertz CT molecular complexity index is 827. The monoisotopic (exact) mass is 431 g/mol. The minimum absolute atomic E-state index is 0.174. The molecule has 1 aromatic heterocycles. The molecule has 1 fully saturated rings. The molecule has 1 aliphatic rings. The summed E-state index contributed by atoms with van der Waals surface area (Å²) in [6, 6.07) is 5.00. The lowest BCUT2D eigenvalue weighted by molar-refractivity contribution is 0.179. The van der Waals surface area contributed by atoms with Crippen molar-refractivity contribution in [3.63, 3.8) is 0 Å². The second-order valence-corrected chi connectivity index (χ2v) is 9.11. The SMILES string of the molecule is CCNC(=NCC1CCN(Cc2csc(C)n2)CC1)NCCc1ccc(F)cc1C. The first-order valence-corrected chi connectivity index (χ1v) is 11.8. The van der Waals surface area contributed by atoms with Crippen molar-refractivity contribution in [2.24, 2.45) is 10.9 Å². The van der Waals surface area contributed by atoms with Gasteiger partial charge in [0, 0.05) is 31.6 Å². The lowest BCUT2D eigenvalue weighted by atomic mass is 9.97. The molecular weight excluding hydrogens is 397 g/mol. The van der Waals surface area contributed by atoms with E-state index in [1.807, 2.05) is 13.0 Å². The van der Waals surface area contributed by atoms with Crippen LogP contribution in [0.2, 0.25) is 0 Å². The standard InChI is InChI=1S/C23H34FN5S/c1-4-25-23(26-10-7-20-5-6-21(24)13-17(20)2)27-14-19-8-11-29(12-9-19)15-22-16-30-18(3)28-22/h5-6,13,16,19H,4,7-12,14-15H2,1-3H3,(H2,25,26,27). The lowest BCUT2D eigenvalue weighted by Gasteiger charge is -2.30. The van der Waals surface area contributed by atoms with E-state index in [4.69, 9.17) is 4.99 Å². The van der Waals surface area contributed by atoms with Crippen LogP contribution in [-0.4, -0.2) is 48.6 Å². The molecule has 0 radical (unpaired) electrons. The van der Waals surface area contributed by atoms with Gasteiger partial charge in [0.15, 0.2) is 5.96 Å². The van der Waals surface area contributed by atoms with Crippen molar-refractivity contribution in [3.05, 3.63) is 51.2 Å². The Morgan fingerprint density at radius 3 is 2.73 bits per heavy atom. The van der Waals surface area contributed by atoms with E-state index in [1.54, 1.807) is 17.4 Å². The van der Waals surface area contributed by atoms with Crippen LogP contribution >= 0.6 is 11.3 Å². The molecule has 30 heavy (non-hydrogen) atoms. The Morgan fingerprint density at radius 2 is 2.07 bits per heavy atom. The fourth-order valence-electron chi connectivity index (χ4n) is 3.85. The number of hydrogen-bond donors (Lipinski definition) is 2. The molecule has 7 heteroatoms. The number of halogens is 1. The fourth-order valence-corrected chi connectivity index (χ4v) is 4.46. The molecule has 0 bridgehead atoms. The zero-order valence-electron chi connectivity index (χ0n) is 18.4. The van der Waals surface area contributed by atoms with E-state index in [9.17, 15) is 4.39 Å². The van der Waals surface area contributed by atoms with Crippen molar-refractivity contribution in [1.29, 1.82) is 0 Å². The largest absolute Gasteiger partial charge is 0.357 e. The van der Waals surface area contributed by atoms with Crippen LogP contribution in [0.3, 0.4) is 0 Å². The number of thiazole rings is 1. The van der Waals surface area contributed by atoms with Crippen LogP contribution < -0.4 is 10.6 Å². The summed E-state index contributed by atoms with van der Waals surface area (Å²) in [7, 11) is 0. The van der Waals surface area contributed by atoms with Crippen LogP contribution in [-0.2, 0) is 13.0 Å². The quantitative estimate of drug-likeness (QED) is 0.492. The summed E-state index contributed by atoms with van der Waals surface area (Å²) in [5.41, 5.74) is 3.37. The third-order valence-corrected chi connectivity index (χ3v) is 6.42. The van der Waals surface area contributed by atoms with Crippen molar-refractivity contribution in [1.82, 2.24) is 20.5 Å². The molecule has 1 saturated heterocycles. The number of nitrogens with zero attached hydrogens (tertiary/aromatic N) is 3. The summed E-state index contributed by atoms with van der Waals surface area (Å²) < 4.78 is 13.3. The number of likely N-dealkylation sites (tertiary alicyclic amines) is 1. The Kier molecular flexibility index (Phi) is 8.63. The molecule has 0 saturated carbocycles. The predicted octanol–water partition coefficient (Wildman–Crippen LogP) is 3.91. The number of aliphatic imine (C=N–C) groups is 1. The highest BCUT2D eigenvalue weighted by atomic mass is 32.1. The van der Waals surface area contributed by atoms with Crippen molar-refractivity contribution in [2.45, 2.75) is 46.6 Å². The van der Waals surface area contributed by atoms with Crippen molar-refractivity contribution >= 4 is 17.3 Å². The van der Waals surface area contributed by atoms with Gasteiger partial charge in [0.05, 0.1) is 10.7 Å². The van der Waals surface area contributed by atoms with Gasteiger partial charge in [0.1, 0.15) is 5.82 Å². The van der Waals surface area contributed by atoms with Gasteiger partial charge in [0.2, 0.25) is 0 Å². The Balaban J connectivity index is 1.42. The summed E-state index contributed by atoms with van der Waals surface area (Å²) in [5.74, 6) is 1.33. The fraction of sp³-hybridized carbons (Fsp3) is 0.565. The van der Waals surface area contributed by atoms with Gasteiger partial charge >= 0.3 is 0 Å². The Labute approximate surface area is 183 Å². The van der Waals surface area contributed by atoms with Gasteiger partial charge in [-0.25, -0.2) is 9.37 Å². The first-order valence-electron chi connectivity index (χ1n) is 10.9. The minimum Gasteiger partial charge on any atom is -0.357 e. The van der Waals surface area contributed by atoms with Crippen LogP contribution in [0.5, 0.6) is 0 Å². The molecule has 0 aliphatic carbocycles. The van der Waals surface area contributed by atoms with E-state index in [-0.39, 0.29) is 5.82 Å². The van der Waals surface area contributed by atoms with Gasteiger partial charge in [-0.1, -0.05) is 6.07 Å². The first kappa shape index (κ1) is 22.7. The van der Waals surface area contributed by atoms with E-state index >= 15 is 0 Å². The molecule has 0 spiro atoms. The predicted molar refractivity (Wildman–Crippen MR) is 124 cm³/mol. The number of piperidine rings is 1. The van der Waals surface area contributed by atoms with E-state index in [1.165, 1.54) is 30.2 Å². The zero-order chi connectivity index (χ0) is 21.3. The second kappa shape index (κ2) is 11.4. The Hall–Kier alpha value is -1.99. The molecule has 3 rings (SSSR count). The van der Waals surface area contributed by atoms with Gasteiger partial charge in [-0.15, -0.1) is 11.3 Å². The van der Waals surface area contributed by atoms with E-state index in [0.717, 1.165) is 62.2 Å². The average molecular weight is 432 g/mol. The van der Waals surface area contributed by atoms with E-state index in [0.29, 0.717) is 5.92 Å². The topological polar surface area (TPSA) is 52.6 Å². The smallest absolute Gasteiger partial charge is 0.191 e. The molecule has 5 nitrogen and oxygen atoms in total. The molecule has 2 aromatic rings. The maximum atomic E-state index is 13.3. The summed E-state index contributed by atoms with van der Waals surface area (Å²) in [5, 5.41) is 10.1. The van der Waals surface area contributed by atoms with Crippen LogP contribution in [0.15, 0.2) is 28.6 Å². The van der Waals surface area contributed by atoms with Crippen LogP contribution in [0.1, 0.15) is 41.6 Å². The minimum atomic E-state index is -0.174. The number of aryl methyl sites for hydroxylation is 2. The molecule has 1 aromatic carbocycles. The first-order chi connectivity index (χ1) is 14.5. The van der Waals surface area contributed by atoms with Crippen molar-refractivity contribution in [2.75, 3.05) is 32.7 Å². The highest BCUT2D eigenvalue weighted by Crippen LogP contribution is 2.20. The normalized spacial score (nSPS) is 16.1. The number of rotatable bonds is 8. The van der Waals surface area contributed by atoms with Crippen molar-refractivity contribution in [3.8, 4) is 0 Å². The highest BCUT2D eigenvalue weighted by Gasteiger charge is 2.19. The summed E-state index contributed by atoms with van der Waals surface area (Å²) in [6.45, 7) is 11.8. The molecule has 0 unspecified atom stereocenters. The average Bonchev–Trinajstić information content (AvgIpc) is 3.13. The molecule has 2 heterocycles. The van der Waals surface area contributed by atoms with Gasteiger partial charge in [-0.2, -0.15) is 0 Å². The van der Waals surface area contributed by atoms with Crippen LogP contribution in [0, 0.1) is 25.6 Å². The number of guanidine groups is 1. The van der Waals surface area contributed by atoms with Gasteiger partial charge in [-0.3, -0.25) is 9.89 Å².